The van der Waals surface area contributed by atoms with Crippen molar-refractivity contribution in [1.29, 1.82) is 5.26 Å². The topological polar surface area (TPSA) is 35.8 Å². The Morgan fingerprint density at radius 2 is 2.30 bits per heavy atom. The minimum atomic E-state index is 0.0567. The van der Waals surface area contributed by atoms with Gasteiger partial charge in [-0.3, -0.25) is 0 Å². The lowest BCUT2D eigenvalue weighted by molar-refractivity contribution is 0.219. The second-order valence-electron chi connectivity index (χ2n) is 3.61. The average Bonchev–Trinajstić information content (AvgIpc) is 1.87. The highest BCUT2D eigenvalue weighted by Gasteiger charge is 2.31. The van der Waals surface area contributed by atoms with E-state index in [2.05, 4.69) is 25.2 Å². The molecule has 1 N–H and O–H groups in total. The van der Waals surface area contributed by atoms with E-state index in [1.165, 1.54) is 6.42 Å². The summed E-state index contributed by atoms with van der Waals surface area (Å²) in [5.41, 5.74) is 0.174. The van der Waals surface area contributed by atoms with Crippen LogP contribution >= 0.6 is 0 Å². The average molecular weight is 138 g/mol. The second-order valence-corrected chi connectivity index (χ2v) is 3.61. The summed E-state index contributed by atoms with van der Waals surface area (Å²) in [6, 6.07) is 2.34. The van der Waals surface area contributed by atoms with Crippen LogP contribution in [-0.4, -0.2) is 12.6 Å². The maximum absolute atomic E-state index is 8.71. The zero-order valence-corrected chi connectivity index (χ0v) is 6.65. The van der Waals surface area contributed by atoms with Gasteiger partial charge >= 0.3 is 0 Å². The highest BCUT2D eigenvalue weighted by atomic mass is 14.9. The van der Waals surface area contributed by atoms with Gasteiger partial charge in [-0.05, 0) is 24.8 Å². The fraction of sp³-hybridized carbons (Fsp3) is 0.875. The summed E-state index contributed by atoms with van der Waals surface area (Å²) in [5.74, 6) is 0. The molecule has 0 saturated carbocycles. The van der Waals surface area contributed by atoms with E-state index in [0.29, 0.717) is 0 Å². The van der Waals surface area contributed by atoms with Crippen molar-refractivity contribution < 1.29 is 0 Å². The van der Waals surface area contributed by atoms with Gasteiger partial charge in [0.1, 0.15) is 6.04 Å². The van der Waals surface area contributed by atoms with E-state index in [1.54, 1.807) is 0 Å². The van der Waals surface area contributed by atoms with Crippen LogP contribution in [0.25, 0.3) is 0 Å². The number of hydrogen-bond donors (Lipinski definition) is 1. The maximum Gasteiger partial charge on any atom is 0.100 e. The predicted molar refractivity (Wildman–Crippen MR) is 40.4 cm³/mol. The molecule has 0 aromatic carbocycles. The van der Waals surface area contributed by atoms with Crippen LogP contribution in [0, 0.1) is 16.7 Å². The van der Waals surface area contributed by atoms with Crippen LogP contribution in [0.15, 0.2) is 0 Å². The Morgan fingerprint density at radius 1 is 1.60 bits per heavy atom. The van der Waals surface area contributed by atoms with Gasteiger partial charge < -0.3 is 5.32 Å². The molecule has 0 spiro atoms. The summed E-state index contributed by atoms with van der Waals surface area (Å²) < 4.78 is 0. The normalized spacial score (nSPS) is 31.1. The highest BCUT2D eigenvalue weighted by Crippen LogP contribution is 2.29. The minimum absolute atomic E-state index is 0.0567. The molecular formula is C8H14N2. The smallest absolute Gasteiger partial charge is 0.100 e. The molecule has 1 heterocycles. The SMILES string of the molecule is CC1(C)CCCN[C@@H]1C#N. The first-order valence-electron chi connectivity index (χ1n) is 3.80. The Labute approximate surface area is 62.2 Å². The number of piperidine rings is 1. The molecule has 1 saturated heterocycles. The van der Waals surface area contributed by atoms with Crippen molar-refractivity contribution in [2.24, 2.45) is 5.41 Å². The second kappa shape index (κ2) is 2.59. The van der Waals surface area contributed by atoms with E-state index >= 15 is 0 Å². The van der Waals surface area contributed by atoms with E-state index < -0.39 is 0 Å². The quantitative estimate of drug-likeness (QED) is 0.547. The van der Waals surface area contributed by atoms with Gasteiger partial charge in [-0.15, -0.1) is 0 Å². The maximum atomic E-state index is 8.71. The number of nitrogens with zero attached hydrogens (tertiary/aromatic N) is 1. The van der Waals surface area contributed by atoms with Crippen LogP contribution in [0.3, 0.4) is 0 Å². The van der Waals surface area contributed by atoms with Crippen molar-refractivity contribution in [3.05, 3.63) is 0 Å². The van der Waals surface area contributed by atoms with Crippen LogP contribution < -0.4 is 5.32 Å². The third-order valence-corrected chi connectivity index (χ3v) is 2.26. The van der Waals surface area contributed by atoms with Crippen molar-refractivity contribution >= 4 is 0 Å². The lowest BCUT2D eigenvalue weighted by atomic mass is 9.78. The lowest BCUT2D eigenvalue weighted by Gasteiger charge is -2.34. The van der Waals surface area contributed by atoms with Crippen molar-refractivity contribution in [1.82, 2.24) is 5.32 Å². The molecule has 56 valence electrons. The third-order valence-electron chi connectivity index (χ3n) is 2.26. The molecule has 1 fully saturated rings. The van der Waals surface area contributed by atoms with Gasteiger partial charge in [0.2, 0.25) is 0 Å². The first-order chi connectivity index (χ1) is 4.67. The first kappa shape index (κ1) is 7.56. The summed E-state index contributed by atoms with van der Waals surface area (Å²) in [4.78, 5) is 0. The van der Waals surface area contributed by atoms with Crippen molar-refractivity contribution in [3.8, 4) is 6.07 Å². The van der Waals surface area contributed by atoms with E-state index in [0.717, 1.165) is 13.0 Å². The van der Waals surface area contributed by atoms with Crippen molar-refractivity contribution in [2.45, 2.75) is 32.7 Å². The highest BCUT2D eigenvalue weighted by molar-refractivity contribution is 5.01. The number of hydrogen-bond acceptors (Lipinski definition) is 2. The lowest BCUT2D eigenvalue weighted by Crippen LogP contribution is -2.45. The van der Waals surface area contributed by atoms with E-state index in [1.807, 2.05) is 0 Å². The van der Waals surface area contributed by atoms with Gasteiger partial charge in [-0.25, -0.2) is 0 Å². The van der Waals surface area contributed by atoms with Crippen molar-refractivity contribution in [3.63, 3.8) is 0 Å². The van der Waals surface area contributed by atoms with Crippen LogP contribution in [0.1, 0.15) is 26.7 Å². The minimum Gasteiger partial charge on any atom is -0.301 e. The fourth-order valence-electron chi connectivity index (χ4n) is 1.43. The van der Waals surface area contributed by atoms with Crippen LogP contribution in [-0.2, 0) is 0 Å². The Balaban J connectivity index is 2.62. The van der Waals surface area contributed by atoms with Gasteiger partial charge in [0.25, 0.3) is 0 Å². The standard InChI is InChI=1S/C8H14N2/c1-8(2)4-3-5-10-7(8)6-9/h7,10H,3-5H2,1-2H3/t7-/m1/s1. The molecule has 1 aliphatic heterocycles. The zero-order chi connectivity index (χ0) is 7.61. The zero-order valence-electron chi connectivity index (χ0n) is 6.65. The Hall–Kier alpha value is -0.550. The molecule has 0 radical (unpaired) electrons. The fourth-order valence-corrected chi connectivity index (χ4v) is 1.43. The van der Waals surface area contributed by atoms with Gasteiger partial charge in [0, 0.05) is 0 Å². The van der Waals surface area contributed by atoms with E-state index in [4.69, 9.17) is 5.26 Å². The van der Waals surface area contributed by atoms with Crippen LogP contribution in [0.2, 0.25) is 0 Å². The Bertz CT molecular complexity index is 155. The molecular weight excluding hydrogens is 124 g/mol. The summed E-state index contributed by atoms with van der Waals surface area (Å²) in [5, 5.41) is 11.9. The summed E-state index contributed by atoms with van der Waals surface area (Å²) in [6.07, 6.45) is 2.36. The number of rotatable bonds is 0. The monoisotopic (exact) mass is 138 g/mol. The molecule has 2 nitrogen and oxygen atoms in total. The molecule has 0 unspecified atom stereocenters. The van der Waals surface area contributed by atoms with Gasteiger partial charge in [0.05, 0.1) is 6.07 Å². The van der Waals surface area contributed by atoms with Gasteiger partial charge in [0.15, 0.2) is 0 Å². The first-order valence-corrected chi connectivity index (χ1v) is 3.80. The van der Waals surface area contributed by atoms with Crippen molar-refractivity contribution in [2.75, 3.05) is 6.54 Å². The molecule has 0 aliphatic carbocycles. The van der Waals surface area contributed by atoms with E-state index in [9.17, 15) is 0 Å². The molecule has 1 rings (SSSR count). The van der Waals surface area contributed by atoms with Crippen LogP contribution in [0.5, 0.6) is 0 Å². The molecule has 0 bridgehead atoms. The van der Waals surface area contributed by atoms with Gasteiger partial charge in [-0.1, -0.05) is 13.8 Å². The molecule has 1 aliphatic rings. The summed E-state index contributed by atoms with van der Waals surface area (Å²) in [6.45, 7) is 5.29. The molecule has 2 heteroatoms. The number of nitriles is 1. The van der Waals surface area contributed by atoms with Crippen LogP contribution in [0.4, 0.5) is 0 Å². The summed E-state index contributed by atoms with van der Waals surface area (Å²) >= 11 is 0. The van der Waals surface area contributed by atoms with E-state index in [-0.39, 0.29) is 11.5 Å². The third kappa shape index (κ3) is 1.30. The molecule has 10 heavy (non-hydrogen) atoms. The molecule has 0 aromatic heterocycles. The molecule has 0 aromatic rings. The molecule has 0 amide bonds. The van der Waals surface area contributed by atoms with Gasteiger partial charge in [-0.2, -0.15) is 5.26 Å². The number of nitrogens with one attached hydrogen (secondary N) is 1. The largest absolute Gasteiger partial charge is 0.301 e. The molecule has 1 atom stereocenters. The Morgan fingerprint density at radius 3 is 2.70 bits per heavy atom. The predicted octanol–water partition coefficient (Wildman–Crippen LogP) is 1.29. The summed E-state index contributed by atoms with van der Waals surface area (Å²) in [7, 11) is 0. The Kier molecular flexibility index (Phi) is 1.96.